The summed E-state index contributed by atoms with van der Waals surface area (Å²) in [6, 6.07) is 10.3. The van der Waals surface area contributed by atoms with E-state index in [0.717, 1.165) is 12.0 Å². The van der Waals surface area contributed by atoms with Crippen molar-refractivity contribution in [2.45, 2.75) is 18.8 Å². The molecule has 0 saturated heterocycles. The highest BCUT2D eigenvalue weighted by Crippen LogP contribution is 2.36. The molecule has 1 aromatic carbocycles. The predicted molar refractivity (Wildman–Crippen MR) is 65.9 cm³/mol. The number of benzene rings is 1. The summed E-state index contributed by atoms with van der Waals surface area (Å²) in [6.45, 7) is 0. The van der Waals surface area contributed by atoms with Crippen LogP contribution >= 0.6 is 11.3 Å². The van der Waals surface area contributed by atoms with Crippen LogP contribution in [0.15, 0.2) is 41.1 Å². The molecule has 1 aliphatic rings. The summed E-state index contributed by atoms with van der Waals surface area (Å²) < 4.78 is 0. The predicted octanol–water partition coefficient (Wildman–Crippen LogP) is 3.20. The van der Waals surface area contributed by atoms with E-state index in [4.69, 9.17) is 0 Å². The summed E-state index contributed by atoms with van der Waals surface area (Å²) in [7, 11) is 0. The molecule has 0 radical (unpaired) electrons. The molecule has 0 aliphatic heterocycles. The third-order valence-electron chi connectivity index (χ3n) is 3.20. The van der Waals surface area contributed by atoms with Gasteiger partial charge in [-0.2, -0.15) is 11.3 Å². The van der Waals surface area contributed by atoms with Gasteiger partial charge in [-0.1, -0.05) is 24.3 Å². The molecule has 2 aromatic rings. The number of ketones is 1. The first-order chi connectivity index (χ1) is 7.84. The van der Waals surface area contributed by atoms with E-state index in [1.807, 2.05) is 23.6 Å². The molecular weight excluding hydrogens is 216 g/mol. The first kappa shape index (κ1) is 9.79. The average Bonchev–Trinajstić information content (AvgIpc) is 2.72. The highest BCUT2D eigenvalue weighted by molar-refractivity contribution is 7.08. The van der Waals surface area contributed by atoms with Crippen molar-refractivity contribution in [2.75, 3.05) is 0 Å². The van der Waals surface area contributed by atoms with E-state index in [9.17, 15) is 4.79 Å². The smallest absolute Gasteiger partial charge is 0.145 e. The fraction of sp³-hybridized carbons (Fsp3) is 0.214. The molecule has 0 N–H and O–H groups in total. The summed E-state index contributed by atoms with van der Waals surface area (Å²) in [5.74, 6) is 0.508. The standard InChI is InChI=1S/C14H12OS/c15-14(7-10-5-6-16-9-10)13-8-11-3-1-2-4-12(11)13/h1-6,9,13H,7-8H2. The zero-order valence-corrected chi connectivity index (χ0v) is 9.67. The van der Waals surface area contributed by atoms with Crippen molar-refractivity contribution >= 4 is 17.1 Å². The normalized spacial score (nSPS) is 17.6. The lowest BCUT2D eigenvalue weighted by Crippen LogP contribution is -2.26. The monoisotopic (exact) mass is 228 g/mol. The Morgan fingerprint density at radius 1 is 1.31 bits per heavy atom. The van der Waals surface area contributed by atoms with E-state index in [0.29, 0.717) is 12.2 Å². The SMILES string of the molecule is O=C(Cc1ccsc1)C1Cc2ccccc21. The van der Waals surface area contributed by atoms with Crippen LogP contribution in [0.25, 0.3) is 0 Å². The van der Waals surface area contributed by atoms with Crippen LogP contribution in [0.5, 0.6) is 0 Å². The number of Topliss-reactive ketones (excluding diaryl/α,β-unsaturated/α-hetero) is 1. The van der Waals surface area contributed by atoms with Crippen LogP contribution in [0.4, 0.5) is 0 Å². The average molecular weight is 228 g/mol. The molecule has 1 unspecified atom stereocenters. The second kappa shape index (κ2) is 3.87. The lowest BCUT2D eigenvalue weighted by atomic mass is 9.74. The Morgan fingerprint density at radius 2 is 2.19 bits per heavy atom. The first-order valence-electron chi connectivity index (χ1n) is 5.46. The number of fused-ring (bicyclic) bond motifs is 1. The molecule has 1 atom stereocenters. The van der Waals surface area contributed by atoms with Gasteiger partial charge in [0.2, 0.25) is 0 Å². The van der Waals surface area contributed by atoms with Crippen molar-refractivity contribution in [1.82, 2.24) is 0 Å². The molecule has 0 fully saturated rings. The Morgan fingerprint density at radius 3 is 2.94 bits per heavy atom. The van der Waals surface area contributed by atoms with Crippen LogP contribution in [-0.4, -0.2) is 5.78 Å². The van der Waals surface area contributed by atoms with Gasteiger partial charge in [-0.15, -0.1) is 0 Å². The van der Waals surface area contributed by atoms with E-state index in [2.05, 4.69) is 17.5 Å². The van der Waals surface area contributed by atoms with E-state index in [-0.39, 0.29) is 5.92 Å². The van der Waals surface area contributed by atoms with Gasteiger partial charge in [-0.25, -0.2) is 0 Å². The van der Waals surface area contributed by atoms with Crippen LogP contribution in [0.2, 0.25) is 0 Å². The zero-order valence-electron chi connectivity index (χ0n) is 8.85. The number of thiophene rings is 1. The van der Waals surface area contributed by atoms with Crippen molar-refractivity contribution in [3.63, 3.8) is 0 Å². The second-order valence-electron chi connectivity index (χ2n) is 4.23. The molecule has 2 heteroatoms. The van der Waals surface area contributed by atoms with Crippen molar-refractivity contribution in [2.24, 2.45) is 0 Å². The third kappa shape index (κ3) is 1.59. The van der Waals surface area contributed by atoms with Crippen LogP contribution in [0.1, 0.15) is 22.6 Å². The zero-order chi connectivity index (χ0) is 11.0. The molecule has 1 heterocycles. The van der Waals surface area contributed by atoms with Gasteiger partial charge < -0.3 is 0 Å². The molecule has 1 nitrogen and oxygen atoms in total. The Labute approximate surface area is 98.7 Å². The van der Waals surface area contributed by atoms with Crippen LogP contribution < -0.4 is 0 Å². The highest BCUT2D eigenvalue weighted by Gasteiger charge is 2.31. The van der Waals surface area contributed by atoms with Gasteiger partial charge in [-0.05, 0) is 39.9 Å². The molecule has 0 spiro atoms. The van der Waals surface area contributed by atoms with E-state index in [1.165, 1.54) is 11.1 Å². The molecule has 1 aliphatic carbocycles. The van der Waals surface area contributed by atoms with Crippen LogP contribution in [0, 0.1) is 0 Å². The topological polar surface area (TPSA) is 17.1 Å². The Hall–Kier alpha value is -1.41. The van der Waals surface area contributed by atoms with E-state index >= 15 is 0 Å². The quantitative estimate of drug-likeness (QED) is 0.788. The minimum Gasteiger partial charge on any atom is -0.299 e. The maximum atomic E-state index is 12.1. The van der Waals surface area contributed by atoms with Crippen LogP contribution in [-0.2, 0) is 17.6 Å². The fourth-order valence-electron chi connectivity index (χ4n) is 2.26. The van der Waals surface area contributed by atoms with Gasteiger partial charge in [0.25, 0.3) is 0 Å². The van der Waals surface area contributed by atoms with Crippen molar-refractivity contribution in [3.8, 4) is 0 Å². The molecule has 0 amide bonds. The summed E-state index contributed by atoms with van der Waals surface area (Å²) in [4.78, 5) is 12.1. The third-order valence-corrected chi connectivity index (χ3v) is 3.93. The van der Waals surface area contributed by atoms with Gasteiger partial charge in [0.05, 0.1) is 0 Å². The Kier molecular flexibility index (Phi) is 2.37. The summed E-state index contributed by atoms with van der Waals surface area (Å²) in [5.41, 5.74) is 3.73. The summed E-state index contributed by atoms with van der Waals surface area (Å²) in [6.07, 6.45) is 1.52. The second-order valence-corrected chi connectivity index (χ2v) is 5.01. The minimum absolute atomic E-state index is 0.149. The van der Waals surface area contributed by atoms with E-state index < -0.39 is 0 Å². The van der Waals surface area contributed by atoms with E-state index in [1.54, 1.807) is 11.3 Å². The Bertz CT molecular complexity index is 513. The highest BCUT2D eigenvalue weighted by atomic mass is 32.1. The largest absolute Gasteiger partial charge is 0.299 e. The number of carbonyl (C=O) groups is 1. The van der Waals surface area contributed by atoms with Crippen molar-refractivity contribution in [1.29, 1.82) is 0 Å². The maximum absolute atomic E-state index is 12.1. The number of carbonyl (C=O) groups excluding carboxylic acids is 1. The summed E-state index contributed by atoms with van der Waals surface area (Å²) in [5, 5.41) is 4.08. The van der Waals surface area contributed by atoms with Crippen molar-refractivity contribution in [3.05, 3.63) is 57.8 Å². The first-order valence-corrected chi connectivity index (χ1v) is 6.40. The van der Waals surface area contributed by atoms with Gasteiger partial charge in [-0.3, -0.25) is 4.79 Å². The molecule has 3 rings (SSSR count). The van der Waals surface area contributed by atoms with Crippen molar-refractivity contribution < 1.29 is 4.79 Å². The summed E-state index contributed by atoms with van der Waals surface area (Å²) >= 11 is 1.65. The molecular formula is C14H12OS. The molecule has 80 valence electrons. The lowest BCUT2D eigenvalue weighted by molar-refractivity contribution is -0.120. The van der Waals surface area contributed by atoms with Gasteiger partial charge in [0.1, 0.15) is 5.78 Å². The van der Waals surface area contributed by atoms with Gasteiger partial charge >= 0.3 is 0 Å². The van der Waals surface area contributed by atoms with Crippen LogP contribution in [0.3, 0.4) is 0 Å². The Balaban J connectivity index is 1.75. The maximum Gasteiger partial charge on any atom is 0.145 e. The minimum atomic E-state index is 0.149. The molecule has 0 bridgehead atoms. The molecule has 1 aromatic heterocycles. The van der Waals surface area contributed by atoms with Gasteiger partial charge in [0, 0.05) is 12.3 Å². The number of hydrogen-bond donors (Lipinski definition) is 0. The number of rotatable bonds is 3. The molecule has 16 heavy (non-hydrogen) atoms. The molecule has 0 saturated carbocycles. The lowest BCUT2D eigenvalue weighted by Gasteiger charge is -2.28. The fourth-order valence-corrected chi connectivity index (χ4v) is 2.93. The van der Waals surface area contributed by atoms with Gasteiger partial charge in [0.15, 0.2) is 0 Å². The number of hydrogen-bond acceptors (Lipinski definition) is 2.